The first kappa shape index (κ1) is 131. The molecule has 0 spiro atoms. The molecule has 0 aliphatic rings. The Morgan fingerprint density at radius 1 is 0.139 bits per heavy atom. The molecule has 0 atom stereocenters. The molecule has 5 nitrogen and oxygen atoms in total. The standard InChI is InChI=1S/4C27H55NS2.Mo.O/c4*1-3-5-7-9-11-13-15-17-19-21-23-25-28(27(29)30)26-24-22-20-18-16-14-12-10-8-6-4-2;;/h4*3-26H2,1-2H3,(H,29,30);;/q;;;;+4;/p-4. The molecule has 0 radical (unpaired) electrons. The van der Waals surface area contributed by atoms with Gasteiger partial charge in [0.05, 0.1) is 0 Å². The Labute approximate surface area is 824 Å². The van der Waals surface area contributed by atoms with E-state index in [0.29, 0.717) is 37.1 Å². The molecule has 0 fully saturated rings. The van der Waals surface area contributed by atoms with E-state index in [9.17, 15) is 0 Å². The Hall–Kier alpha value is 0.928. The maximum atomic E-state index is 8.26. The third-order valence-electron chi connectivity index (χ3n) is 25.3. The molecular formula is C108H216MoN4OS8. The summed E-state index contributed by atoms with van der Waals surface area (Å²) in [6.45, 7) is 27.0. The van der Waals surface area contributed by atoms with Crippen LogP contribution >= 0.6 is 48.9 Å². The monoisotopic (exact) mass is 1940 g/mol. The van der Waals surface area contributed by atoms with Gasteiger partial charge in [0.15, 0.2) is 0 Å². The van der Waals surface area contributed by atoms with Gasteiger partial charge >= 0.3 is 23.2 Å². The van der Waals surface area contributed by atoms with Gasteiger partial charge < -0.3 is 119 Å². The van der Waals surface area contributed by atoms with Gasteiger partial charge in [-0.3, -0.25) is 0 Å². The fourth-order valence-electron chi connectivity index (χ4n) is 16.9. The van der Waals surface area contributed by atoms with E-state index in [1.165, 1.54) is 565 Å². The van der Waals surface area contributed by atoms with Crippen molar-refractivity contribution in [2.45, 2.75) is 620 Å². The van der Waals surface area contributed by atoms with Gasteiger partial charge in [0.1, 0.15) is 0 Å². The average Bonchev–Trinajstić information content (AvgIpc) is 0.984. The van der Waals surface area contributed by atoms with Crippen molar-refractivity contribution in [3.63, 3.8) is 0 Å². The Kier molecular flexibility index (Phi) is 131. The predicted molar refractivity (Wildman–Crippen MR) is 579 cm³/mol. The molecule has 0 aliphatic carbocycles. The van der Waals surface area contributed by atoms with Crippen LogP contribution in [0, 0.1) is 0 Å². The summed E-state index contributed by atoms with van der Waals surface area (Å²) in [4.78, 5) is 9.14. The normalized spacial score (nSPS) is 11.0. The Morgan fingerprint density at radius 2 is 0.197 bits per heavy atom. The van der Waals surface area contributed by atoms with E-state index < -0.39 is 0 Å². The molecule has 728 valence electrons. The molecule has 0 aromatic rings. The molecule has 0 N–H and O–H groups in total. The van der Waals surface area contributed by atoms with Gasteiger partial charge in [-0.1, -0.05) is 586 Å². The van der Waals surface area contributed by atoms with Gasteiger partial charge in [-0.25, -0.2) is 0 Å². The van der Waals surface area contributed by atoms with Crippen molar-refractivity contribution in [3.05, 3.63) is 0 Å². The Morgan fingerprint density at radius 3 is 0.254 bits per heavy atom. The molecule has 122 heavy (non-hydrogen) atoms. The van der Waals surface area contributed by atoms with E-state index in [-0.39, 0.29) is 0 Å². The number of nitrogens with zero attached hydrogens (tertiary/aromatic N) is 4. The summed E-state index contributed by atoms with van der Waals surface area (Å²) in [5.41, 5.74) is 0. The molecule has 0 rings (SSSR count). The van der Waals surface area contributed by atoms with Crippen molar-refractivity contribution >= 4 is 117 Å². The molecule has 0 saturated heterocycles. The first-order valence-electron chi connectivity index (χ1n) is 54.9. The predicted octanol–water partition coefficient (Wildman–Crippen LogP) is 38.8. The van der Waals surface area contributed by atoms with Gasteiger partial charge in [0.2, 0.25) is 0 Å². The number of rotatable bonds is 96. The third-order valence-corrected chi connectivity index (χ3v) is 27.4. The number of thiocarbonyl (C=S) groups is 4. The molecule has 0 saturated carbocycles. The minimum absolute atomic E-state index is 0.689. The molecule has 0 amide bonds. The van der Waals surface area contributed by atoms with Crippen LogP contribution < -0.4 is 0 Å². The molecule has 0 heterocycles. The van der Waals surface area contributed by atoms with Crippen LogP contribution in [-0.4, -0.2) is 89.2 Å². The van der Waals surface area contributed by atoms with E-state index >= 15 is 0 Å². The van der Waals surface area contributed by atoms with Crippen LogP contribution in [0.2, 0.25) is 0 Å². The summed E-state index contributed by atoms with van der Waals surface area (Å²) in [7, 11) is 0. The first-order chi connectivity index (χ1) is 59.9. The van der Waals surface area contributed by atoms with Crippen LogP contribution in [-0.2, 0) is 73.7 Å². The number of hydrogen-bond donors (Lipinski definition) is 0. The summed E-state index contributed by atoms with van der Waals surface area (Å²) in [5.74, 6) is 0. The van der Waals surface area contributed by atoms with Crippen LogP contribution in [0.15, 0.2) is 0 Å². The van der Waals surface area contributed by atoms with Crippen molar-refractivity contribution in [1.82, 2.24) is 19.6 Å². The van der Waals surface area contributed by atoms with Gasteiger partial charge in [0.25, 0.3) is 0 Å². The third kappa shape index (κ3) is 119. The zero-order chi connectivity index (χ0) is 90.5. The topological polar surface area (TPSA) is 30.0 Å². The van der Waals surface area contributed by atoms with Crippen LogP contribution in [0.25, 0.3) is 0 Å². The molecule has 0 aromatic heterocycles. The SMILES string of the molecule is CCCCCCCCCCCCCN(CCCCCCCCCCCCC)C(=S)[S-].CCCCCCCCCCCCCN(CCCCCCCCCCCCC)C(=S)[S-].CCCCCCCCCCCCCN(CCCCCCCCCCCCC)C(=S)[S-].CCCCCCCCCCCCCN(CCCCCCCCCCCCC)C(=S)[S-].[O]=[Mo+4]. The minimum atomic E-state index is 0.689. The maximum absolute atomic E-state index is 8.26. The summed E-state index contributed by atoms with van der Waals surface area (Å²) in [5, 5.41) is 0. The van der Waals surface area contributed by atoms with Crippen molar-refractivity contribution in [3.8, 4) is 0 Å². The van der Waals surface area contributed by atoms with Gasteiger partial charge in [0, 0.05) is 52.4 Å². The second-order valence-corrected chi connectivity index (χ2v) is 41.4. The van der Waals surface area contributed by atoms with Gasteiger partial charge in [-0.05, 0) is 51.4 Å². The molecule has 0 aromatic carbocycles. The van der Waals surface area contributed by atoms with Crippen molar-refractivity contribution in [2.24, 2.45) is 0 Å². The quantitative estimate of drug-likeness (QED) is 0.0251. The van der Waals surface area contributed by atoms with E-state index in [0.717, 1.165) is 52.4 Å². The van der Waals surface area contributed by atoms with E-state index in [2.05, 4.69) is 75.0 Å². The van der Waals surface area contributed by atoms with E-state index in [4.69, 9.17) is 103 Å². The first-order valence-corrected chi connectivity index (χ1v) is 59.0. The molecule has 14 heteroatoms. The summed E-state index contributed by atoms with van der Waals surface area (Å²) < 4.78 is 11.0. The van der Waals surface area contributed by atoms with Crippen LogP contribution in [0.1, 0.15) is 620 Å². The van der Waals surface area contributed by atoms with E-state index in [1.807, 2.05) is 0 Å². The van der Waals surface area contributed by atoms with Crippen molar-refractivity contribution in [2.75, 3.05) is 52.4 Å². The fourth-order valence-corrected chi connectivity index (χ4v) is 18.4. The molecule has 0 aliphatic heterocycles. The Bertz CT molecular complexity index is 1580. The summed E-state index contributed by atoms with van der Waals surface area (Å²) in [6, 6.07) is 0. The van der Waals surface area contributed by atoms with Crippen LogP contribution in [0.5, 0.6) is 0 Å². The number of hydrogen-bond acceptors (Lipinski definition) is 9. The van der Waals surface area contributed by atoms with E-state index in [1.54, 1.807) is 0 Å². The Balaban J connectivity index is -0.000000495. The second kappa shape index (κ2) is 122. The number of unbranched alkanes of at least 4 members (excludes halogenated alkanes) is 80. The van der Waals surface area contributed by atoms with Crippen molar-refractivity contribution < 1.29 is 23.2 Å². The zero-order valence-corrected chi connectivity index (χ0v) is 92.3. The summed E-state index contributed by atoms with van der Waals surface area (Å²) >= 11 is 43.2. The van der Waals surface area contributed by atoms with Gasteiger partial charge in [-0.2, -0.15) is 0 Å². The molecular weight excluding hydrogens is 1720 g/mol. The van der Waals surface area contributed by atoms with Crippen molar-refractivity contribution in [1.29, 1.82) is 0 Å². The second-order valence-electron chi connectivity index (χ2n) is 37.3. The summed E-state index contributed by atoms with van der Waals surface area (Å²) in [6.07, 6.45) is 123. The van der Waals surface area contributed by atoms with Crippen LogP contribution in [0.4, 0.5) is 0 Å². The van der Waals surface area contributed by atoms with Gasteiger partial charge in [-0.15, -0.1) is 0 Å². The average molecular weight is 1940 g/mol. The molecule has 0 bridgehead atoms. The molecule has 0 unspecified atom stereocenters. The van der Waals surface area contributed by atoms with Crippen LogP contribution in [0.3, 0.4) is 0 Å². The fraction of sp³-hybridized carbons (Fsp3) is 0.963. The zero-order valence-electron chi connectivity index (χ0n) is 83.8.